The molecule has 0 aromatic heterocycles. The van der Waals surface area contributed by atoms with Crippen molar-refractivity contribution in [1.82, 2.24) is 5.32 Å². The second kappa shape index (κ2) is 18.0. The van der Waals surface area contributed by atoms with E-state index in [-0.39, 0.29) is 0 Å². The van der Waals surface area contributed by atoms with Crippen LogP contribution in [0.15, 0.2) is 78.9 Å². The Kier molecular flexibility index (Phi) is 14.6. The van der Waals surface area contributed by atoms with Gasteiger partial charge < -0.3 is 5.32 Å². The van der Waals surface area contributed by atoms with E-state index in [4.69, 9.17) is 0 Å². The lowest BCUT2D eigenvalue weighted by atomic mass is 10.0. The lowest BCUT2D eigenvalue weighted by Crippen LogP contribution is -2.31. The third kappa shape index (κ3) is 13.4. The molecule has 164 valence electrons. The largest absolute Gasteiger partial charge is 0.314 e. The summed E-state index contributed by atoms with van der Waals surface area (Å²) in [5.41, 5.74) is 1.37. The predicted molar refractivity (Wildman–Crippen MR) is 133 cm³/mol. The first kappa shape index (κ1) is 24.4. The van der Waals surface area contributed by atoms with Crippen LogP contribution in [0.4, 0.5) is 0 Å². The first-order chi connectivity index (χ1) is 14.9. The summed E-state index contributed by atoms with van der Waals surface area (Å²) in [4.78, 5) is 0. The van der Waals surface area contributed by atoms with Crippen molar-refractivity contribution in [3.63, 3.8) is 0 Å². The summed E-state index contributed by atoms with van der Waals surface area (Å²) in [6, 6.07) is 28.1. The van der Waals surface area contributed by atoms with Crippen molar-refractivity contribution in [1.29, 1.82) is 0 Å². The Hall–Kier alpha value is -1.86. The van der Waals surface area contributed by atoms with E-state index in [9.17, 15) is 0 Å². The van der Waals surface area contributed by atoms with Crippen LogP contribution in [-0.4, -0.2) is 12.6 Å². The Morgan fingerprint density at radius 1 is 0.500 bits per heavy atom. The minimum absolute atomic E-state index is 0.698. The zero-order valence-corrected chi connectivity index (χ0v) is 19.0. The Labute approximate surface area is 186 Å². The molecule has 0 saturated heterocycles. The van der Waals surface area contributed by atoms with Crippen LogP contribution in [0.2, 0.25) is 0 Å². The number of nitrogens with one attached hydrogen (secondary N) is 1. The Morgan fingerprint density at radius 2 is 0.867 bits per heavy atom. The molecule has 1 heteroatoms. The van der Waals surface area contributed by atoms with Gasteiger partial charge in [0.2, 0.25) is 0 Å². The average Bonchev–Trinajstić information content (AvgIpc) is 2.78. The van der Waals surface area contributed by atoms with Gasteiger partial charge in [0, 0.05) is 6.04 Å². The molecule has 1 aliphatic carbocycles. The molecule has 1 fully saturated rings. The van der Waals surface area contributed by atoms with Crippen molar-refractivity contribution >= 4 is 0 Å². The summed E-state index contributed by atoms with van der Waals surface area (Å²) < 4.78 is 0. The van der Waals surface area contributed by atoms with Gasteiger partial charge in [-0.15, -0.1) is 0 Å². The zero-order valence-electron chi connectivity index (χ0n) is 19.0. The molecule has 1 aromatic carbocycles. The lowest BCUT2D eigenvalue weighted by Gasteiger charge is -2.19. The molecule has 0 atom stereocenters. The number of hydrogen-bond donors (Lipinski definition) is 1. The number of hydrogen-bond acceptors (Lipinski definition) is 1. The fourth-order valence-electron chi connectivity index (χ4n) is 4.12. The van der Waals surface area contributed by atoms with Gasteiger partial charge in [0.1, 0.15) is 0 Å². The van der Waals surface area contributed by atoms with Crippen LogP contribution in [-0.2, 0) is 6.42 Å². The van der Waals surface area contributed by atoms with Gasteiger partial charge in [0.05, 0.1) is 0 Å². The average molecular weight is 406 g/mol. The van der Waals surface area contributed by atoms with E-state index < -0.39 is 0 Å². The monoisotopic (exact) mass is 405 g/mol. The van der Waals surface area contributed by atoms with Crippen molar-refractivity contribution in [2.24, 2.45) is 0 Å². The standard InChI is InChI=1S/C29H43N/c1-2-6-10-14-18-22-28(23-19-15-11-7-3-1)26-27-30-29-24-20-16-12-8-4-5-9-13-17-21-25-29/h1-3,6-7,10-11,14-15,18-19,22-23,29-30H,4-5,8-9,12-13,16-17,20-21,24-27H2. The Balaban J connectivity index is 1.90. The van der Waals surface area contributed by atoms with Crippen molar-refractivity contribution in [3.8, 4) is 0 Å². The molecule has 0 spiro atoms. The molecule has 0 heterocycles. The van der Waals surface area contributed by atoms with Crippen molar-refractivity contribution in [3.05, 3.63) is 84.4 Å². The molecule has 1 saturated carbocycles. The summed E-state index contributed by atoms with van der Waals surface area (Å²) in [5, 5.41) is 3.89. The highest BCUT2D eigenvalue weighted by atomic mass is 14.9. The van der Waals surface area contributed by atoms with E-state index in [2.05, 4.69) is 78.1 Å². The van der Waals surface area contributed by atoms with E-state index in [0.29, 0.717) is 6.04 Å². The van der Waals surface area contributed by atoms with Crippen LogP contribution in [0.3, 0.4) is 0 Å². The van der Waals surface area contributed by atoms with Gasteiger partial charge in [-0.3, -0.25) is 0 Å². The summed E-state index contributed by atoms with van der Waals surface area (Å²) in [6.45, 7) is 1.07. The molecular formula is C29H43N. The summed E-state index contributed by atoms with van der Waals surface area (Å²) in [5.74, 6) is 0. The molecule has 1 aliphatic rings. The normalized spacial score (nSPS) is 16.7. The highest BCUT2D eigenvalue weighted by Gasteiger charge is 2.08. The topological polar surface area (TPSA) is 12.0 Å². The smallest absolute Gasteiger partial charge is 0.00671 e. The summed E-state index contributed by atoms with van der Waals surface area (Å²) in [7, 11) is 0. The second-order valence-corrected chi connectivity index (χ2v) is 8.54. The van der Waals surface area contributed by atoms with Gasteiger partial charge in [-0.25, -0.2) is 0 Å². The Morgan fingerprint density at radius 3 is 1.30 bits per heavy atom. The van der Waals surface area contributed by atoms with Gasteiger partial charge in [0.15, 0.2) is 0 Å². The number of rotatable bonds is 4. The van der Waals surface area contributed by atoms with Gasteiger partial charge in [-0.05, 0) is 31.4 Å². The van der Waals surface area contributed by atoms with E-state index in [1.807, 2.05) is 6.07 Å². The quantitative estimate of drug-likeness (QED) is 0.533. The van der Waals surface area contributed by atoms with Gasteiger partial charge in [0.25, 0.3) is 0 Å². The molecule has 0 unspecified atom stereocenters. The fourth-order valence-corrected chi connectivity index (χ4v) is 4.12. The van der Waals surface area contributed by atoms with Crippen LogP contribution in [0.25, 0.3) is 0 Å². The molecular weight excluding hydrogens is 362 g/mol. The van der Waals surface area contributed by atoms with Crippen LogP contribution in [0, 0.1) is 0 Å². The second-order valence-electron chi connectivity index (χ2n) is 8.54. The van der Waals surface area contributed by atoms with Crippen LogP contribution < -0.4 is 5.32 Å². The maximum Gasteiger partial charge on any atom is 0.00671 e. The lowest BCUT2D eigenvalue weighted by molar-refractivity contribution is 0.419. The molecule has 0 amide bonds. The molecule has 30 heavy (non-hydrogen) atoms. The van der Waals surface area contributed by atoms with E-state index in [1.165, 1.54) is 82.6 Å². The first-order valence-corrected chi connectivity index (χ1v) is 12.4. The minimum atomic E-state index is 0.698. The predicted octanol–water partition coefficient (Wildman–Crippen LogP) is 8.13. The van der Waals surface area contributed by atoms with Crippen molar-refractivity contribution in [2.45, 2.75) is 89.5 Å². The third-order valence-corrected chi connectivity index (χ3v) is 5.93. The first-order valence-electron chi connectivity index (χ1n) is 12.4. The minimum Gasteiger partial charge on any atom is -0.314 e. The summed E-state index contributed by atoms with van der Waals surface area (Å²) >= 11 is 0. The van der Waals surface area contributed by atoms with Crippen LogP contribution >= 0.6 is 0 Å². The zero-order chi connectivity index (χ0) is 21.0. The SMILES string of the molecule is c1ccccccc(CCNC2CCCCCCCCCCCC2)cccccc1. The van der Waals surface area contributed by atoms with E-state index in [0.717, 1.165) is 13.0 Å². The highest BCUT2D eigenvalue weighted by molar-refractivity contribution is 5.11. The van der Waals surface area contributed by atoms with Gasteiger partial charge in [-0.1, -0.05) is 143 Å². The van der Waals surface area contributed by atoms with Crippen molar-refractivity contribution < 1.29 is 0 Å². The molecule has 0 aliphatic heterocycles. The highest BCUT2D eigenvalue weighted by Crippen LogP contribution is 2.17. The molecule has 1 N–H and O–H groups in total. The molecule has 2 rings (SSSR count). The van der Waals surface area contributed by atoms with Crippen LogP contribution in [0.1, 0.15) is 82.6 Å². The maximum atomic E-state index is 3.89. The third-order valence-electron chi connectivity index (χ3n) is 5.93. The van der Waals surface area contributed by atoms with Gasteiger partial charge in [-0.2, -0.15) is 0 Å². The van der Waals surface area contributed by atoms with Gasteiger partial charge >= 0.3 is 0 Å². The Bertz CT molecular complexity index is 602. The molecule has 0 bridgehead atoms. The van der Waals surface area contributed by atoms with E-state index in [1.54, 1.807) is 0 Å². The van der Waals surface area contributed by atoms with E-state index >= 15 is 0 Å². The maximum absolute atomic E-state index is 3.89. The fraction of sp³-hybridized carbons (Fsp3) is 0.517. The molecule has 1 aromatic rings. The molecule has 0 radical (unpaired) electrons. The van der Waals surface area contributed by atoms with Crippen LogP contribution in [0.5, 0.6) is 0 Å². The molecule has 1 nitrogen and oxygen atoms in total. The summed E-state index contributed by atoms with van der Waals surface area (Å²) in [6.07, 6.45) is 18.1. The van der Waals surface area contributed by atoms with Crippen molar-refractivity contribution in [2.75, 3.05) is 6.54 Å².